The molecule has 2 aromatic rings. The lowest BCUT2D eigenvalue weighted by atomic mass is 10.3. The first-order valence-corrected chi connectivity index (χ1v) is 6.07. The van der Waals surface area contributed by atoms with E-state index in [-0.39, 0.29) is 18.1 Å². The predicted molar refractivity (Wildman–Crippen MR) is 66.6 cm³/mol. The van der Waals surface area contributed by atoms with Gasteiger partial charge in [-0.1, -0.05) is 5.21 Å². The van der Waals surface area contributed by atoms with E-state index in [1.54, 1.807) is 0 Å². The number of nitrogens with zero attached hydrogens (tertiary/aromatic N) is 3. The van der Waals surface area contributed by atoms with Gasteiger partial charge in [0, 0.05) is 0 Å². The highest BCUT2D eigenvalue weighted by atomic mass is 79.9. The molecule has 1 N–H and O–H groups in total. The Hall–Kier alpha value is -1.96. The lowest BCUT2D eigenvalue weighted by Crippen LogP contribution is -2.09. The highest BCUT2D eigenvalue weighted by molar-refractivity contribution is 9.10. The van der Waals surface area contributed by atoms with Crippen molar-refractivity contribution < 1.29 is 19.0 Å². The summed E-state index contributed by atoms with van der Waals surface area (Å²) in [6.07, 6.45) is 1.31. The molecule has 0 aliphatic carbocycles. The first-order chi connectivity index (χ1) is 9.06. The van der Waals surface area contributed by atoms with E-state index >= 15 is 0 Å². The summed E-state index contributed by atoms with van der Waals surface area (Å²) in [5, 5.41) is 15.8. The van der Waals surface area contributed by atoms with Crippen molar-refractivity contribution in [3.8, 4) is 5.75 Å². The Labute approximate surface area is 115 Å². The van der Waals surface area contributed by atoms with Crippen LogP contribution in [0.2, 0.25) is 0 Å². The molecule has 0 amide bonds. The van der Waals surface area contributed by atoms with Gasteiger partial charge in [-0.25, -0.2) is 13.9 Å². The van der Waals surface area contributed by atoms with Crippen LogP contribution in [0.25, 0.3) is 0 Å². The first kappa shape index (κ1) is 13.5. The number of aromatic nitrogens is 3. The summed E-state index contributed by atoms with van der Waals surface area (Å²) in [5.74, 6) is -0.991. The second-order valence-corrected chi connectivity index (χ2v) is 4.45. The maximum atomic E-state index is 12.8. The summed E-state index contributed by atoms with van der Waals surface area (Å²) in [6, 6.07) is 4.09. The third-order valence-corrected chi connectivity index (χ3v) is 2.85. The SMILES string of the molecule is O=C(O)c1cn(CCOc2ccc(F)cc2Br)nn1. The van der Waals surface area contributed by atoms with E-state index in [1.165, 1.54) is 29.1 Å². The quantitative estimate of drug-likeness (QED) is 0.907. The summed E-state index contributed by atoms with van der Waals surface area (Å²) in [4.78, 5) is 10.6. The van der Waals surface area contributed by atoms with Gasteiger partial charge >= 0.3 is 5.97 Å². The largest absolute Gasteiger partial charge is 0.490 e. The molecule has 0 aliphatic heterocycles. The van der Waals surface area contributed by atoms with Crippen molar-refractivity contribution in [3.63, 3.8) is 0 Å². The molecule has 19 heavy (non-hydrogen) atoms. The van der Waals surface area contributed by atoms with Gasteiger partial charge in [0.1, 0.15) is 18.2 Å². The molecule has 0 unspecified atom stereocenters. The molecule has 0 atom stereocenters. The van der Waals surface area contributed by atoms with Crippen LogP contribution < -0.4 is 4.74 Å². The summed E-state index contributed by atoms with van der Waals surface area (Å²) in [7, 11) is 0. The molecule has 0 spiro atoms. The molecule has 0 radical (unpaired) electrons. The van der Waals surface area contributed by atoms with E-state index in [0.717, 1.165) is 0 Å². The minimum Gasteiger partial charge on any atom is -0.490 e. The molecule has 6 nitrogen and oxygen atoms in total. The van der Waals surface area contributed by atoms with Crippen LogP contribution in [0.5, 0.6) is 5.75 Å². The Morgan fingerprint density at radius 3 is 2.95 bits per heavy atom. The Kier molecular flexibility index (Phi) is 4.10. The molecular weight excluding hydrogens is 321 g/mol. The van der Waals surface area contributed by atoms with E-state index in [4.69, 9.17) is 9.84 Å². The van der Waals surface area contributed by atoms with Gasteiger partial charge in [-0.3, -0.25) is 0 Å². The van der Waals surface area contributed by atoms with Crippen molar-refractivity contribution in [1.29, 1.82) is 0 Å². The van der Waals surface area contributed by atoms with Crippen LogP contribution in [0.3, 0.4) is 0 Å². The minimum atomic E-state index is -1.13. The third-order valence-electron chi connectivity index (χ3n) is 2.23. The van der Waals surface area contributed by atoms with E-state index in [1.807, 2.05) is 0 Å². The van der Waals surface area contributed by atoms with Gasteiger partial charge in [-0.15, -0.1) is 5.10 Å². The number of ether oxygens (including phenoxy) is 1. The molecule has 2 rings (SSSR count). The van der Waals surface area contributed by atoms with Crippen molar-refractivity contribution in [3.05, 3.63) is 40.4 Å². The van der Waals surface area contributed by atoms with Gasteiger partial charge in [0.2, 0.25) is 0 Å². The van der Waals surface area contributed by atoms with Gasteiger partial charge in [0.05, 0.1) is 17.2 Å². The molecule has 1 heterocycles. The molecular formula is C11H9BrFN3O3. The topological polar surface area (TPSA) is 77.2 Å². The van der Waals surface area contributed by atoms with E-state index < -0.39 is 5.97 Å². The highest BCUT2D eigenvalue weighted by Gasteiger charge is 2.08. The Morgan fingerprint density at radius 1 is 1.53 bits per heavy atom. The molecule has 0 saturated carbocycles. The zero-order valence-corrected chi connectivity index (χ0v) is 11.2. The van der Waals surface area contributed by atoms with Crippen molar-refractivity contribution in [2.24, 2.45) is 0 Å². The van der Waals surface area contributed by atoms with Crippen LogP contribution >= 0.6 is 15.9 Å². The van der Waals surface area contributed by atoms with Crippen molar-refractivity contribution in [1.82, 2.24) is 15.0 Å². The number of hydrogen-bond acceptors (Lipinski definition) is 4. The Bertz CT molecular complexity index is 603. The third kappa shape index (κ3) is 3.50. The van der Waals surface area contributed by atoms with Gasteiger partial charge in [-0.05, 0) is 34.1 Å². The number of hydrogen-bond donors (Lipinski definition) is 1. The monoisotopic (exact) mass is 329 g/mol. The second-order valence-electron chi connectivity index (χ2n) is 3.60. The number of halogens is 2. The molecule has 1 aromatic heterocycles. The second kappa shape index (κ2) is 5.79. The Morgan fingerprint density at radius 2 is 2.32 bits per heavy atom. The van der Waals surface area contributed by atoms with Crippen molar-refractivity contribution in [2.45, 2.75) is 6.54 Å². The lowest BCUT2D eigenvalue weighted by Gasteiger charge is -2.07. The zero-order valence-electron chi connectivity index (χ0n) is 9.58. The van der Waals surface area contributed by atoms with Gasteiger partial charge in [0.25, 0.3) is 0 Å². The van der Waals surface area contributed by atoms with Crippen LogP contribution in [-0.4, -0.2) is 32.7 Å². The van der Waals surface area contributed by atoms with Crippen LogP contribution in [0.15, 0.2) is 28.9 Å². The average Bonchev–Trinajstić information content (AvgIpc) is 2.81. The number of carboxylic acids is 1. The number of carboxylic acid groups (broad SMARTS) is 1. The average molecular weight is 330 g/mol. The number of carbonyl (C=O) groups is 1. The van der Waals surface area contributed by atoms with Crippen LogP contribution in [-0.2, 0) is 6.54 Å². The summed E-state index contributed by atoms with van der Waals surface area (Å²) in [5.41, 5.74) is -0.122. The fraction of sp³-hybridized carbons (Fsp3) is 0.182. The fourth-order valence-electron chi connectivity index (χ4n) is 1.35. The van der Waals surface area contributed by atoms with E-state index in [0.29, 0.717) is 16.8 Å². The van der Waals surface area contributed by atoms with Crippen LogP contribution in [0.1, 0.15) is 10.5 Å². The summed E-state index contributed by atoms with van der Waals surface area (Å²) < 4.78 is 20.1. The zero-order chi connectivity index (χ0) is 13.8. The normalized spacial score (nSPS) is 10.4. The first-order valence-electron chi connectivity index (χ1n) is 5.27. The number of rotatable bonds is 5. The maximum absolute atomic E-state index is 12.8. The van der Waals surface area contributed by atoms with Crippen LogP contribution in [0.4, 0.5) is 4.39 Å². The van der Waals surface area contributed by atoms with E-state index in [2.05, 4.69) is 26.2 Å². The smallest absolute Gasteiger partial charge is 0.358 e. The van der Waals surface area contributed by atoms with E-state index in [9.17, 15) is 9.18 Å². The molecule has 8 heteroatoms. The predicted octanol–water partition coefficient (Wildman–Crippen LogP) is 1.96. The summed E-state index contributed by atoms with van der Waals surface area (Å²) in [6.45, 7) is 0.594. The molecule has 0 aliphatic rings. The van der Waals surface area contributed by atoms with Gasteiger partial charge in [0.15, 0.2) is 5.69 Å². The molecule has 0 saturated heterocycles. The summed E-state index contributed by atoms with van der Waals surface area (Å²) >= 11 is 3.18. The molecule has 0 fully saturated rings. The molecule has 100 valence electrons. The maximum Gasteiger partial charge on any atom is 0.358 e. The minimum absolute atomic E-state index is 0.122. The van der Waals surface area contributed by atoms with Gasteiger partial charge < -0.3 is 9.84 Å². The number of aromatic carboxylic acids is 1. The van der Waals surface area contributed by atoms with Crippen LogP contribution in [0, 0.1) is 5.82 Å². The Balaban J connectivity index is 1.90. The lowest BCUT2D eigenvalue weighted by molar-refractivity contribution is 0.0690. The highest BCUT2D eigenvalue weighted by Crippen LogP contribution is 2.25. The number of benzene rings is 1. The van der Waals surface area contributed by atoms with Crippen molar-refractivity contribution in [2.75, 3.05) is 6.61 Å². The standard InChI is InChI=1S/C11H9BrFN3O3/c12-8-5-7(13)1-2-10(8)19-4-3-16-6-9(11(17)18)14-15-16/h1-2,5-6H,3-4H2,(H,17,18). The molecule has 0 bridgehead atoms. The van der Waals surface area contributed by atoms with Crippen molar-refractivity contribution >= 4 is 21.9 Å². The van der Waals surface area contributed by atoms with Gasteiger partial charge in [-0.2, -0.15) is 0 Å². The fourth-order valence-corrected chi connectivity index (χ4v) is 1.81. The molecule has 1 aromatic carbocycles.